The SMILES string of the molecule is CC(N)c1cc(N2CCOCC2)ccc1O. The van der Waals surface area contributed by atoms with E-state index in [1.54, 1.807) is 6.07 Å². The van der Waals surface area contributed by atoms with Crippen LogP contribution < -0.4 is 10.6 Å². The molecule has 0 radical (unpaired) electrons. The van der Waals surface area contributed by atoms with Gasteiger partial charge >= 0.3 is 0 Å². The average molecular weight is 222 g/mol. The number of morpholine rings is 1. The van der Waals surface area contributed by atoms with Crippen LogP contribution in [0.15, 0.2) is 18.2 Å². The summed E-state index contributed by atoms with van der Waals surface area (Å²) < 4.78 is 5.31. The van der Waals surface area contributed by atoms with Gasteiger partial charge in [-0.2, -0.15) is 0 Å². The minimum atomic E-state index is -0.152. The maximum absolute atomic E-state index is 9.68. The maximum Gasteiger partial charge on any atom is 0.120 e. The number of nitrogens with zero attached hydrogens (tertiary/aromatic N) is 1. The molecule has 0 aliphatic carbocycles. The first-order valence-corrected chi connectivity index (χ1v) is 5.59. The number of phenolic OH excluding ortho intramolecular Hbond substituents is 1. The van der Waals surface area contributed by atoms with Crippen molar-refractivity contribution < 1.29 is 9.84 Å². The summed E-state index contributed by atoms with van der Waals surface area (Å²) >= 11 is 0. The summed E-state index contributed by atoms with van der Waals surface area (Å²) in [6.07, 6.45) is 0. The molecule has 1 heterocycles. The number of rotatable bonds is 2. The second kappa shape index (κ2) is 4.72. The zero-order valence-corrected chi connectivity index (χ0v) is 9.52. The van der Waals surface area contributed by atoms with E-state index in [0.717, 1.165) is 37.6 Å². The third-order valence-corrected chi connectivity index (χ3v) is 2.88. The van der Waals surface area contributed by atoms with Gasteiger partial charge in [-0.25, -0.2) is 0 Å². The fourth-order valence-electron chi connectivity index (χ4n) is 1.92. The van der Waals surface area contributed by atoms with Gasteiger partial charge in [0, 0.05) is 30.4 Å². The summed E-state index contributed by atoms with van der Waals surface area (Å²) in [5, 5.41) is 9.68. The number of nitrogens with two attached hydrogens (primary N) is 1. The van der Waals surface area contributed by atoms with Crippen LogP contribution in [0, 0.1) is 0 Å². The highest BCUT2D eigenvalue weighted by Gasteiger charge is 2.14. The smallest absolute Gasteiger partial charge is 0.120 e. The Kier molecular flexibility index (Phi) is 3.31. The Hall–Kier alpha value is -1.26. The summed E-state index contributed by atoms with van der Waals surface area (Å²) in [4.78, 5) is 2.24. The zero-order valence-electron chi connectivity index (χ0n) is 9.52. The van der Waals surface area contributed by atoms with Crippen molar-refractivity contribution in [1.29, 1.82) is 0 Å². The van der Waals surface area contributed by atoms with Crippen molar-refractivity contribution in [2.75, 3.05) is 31.2 Å². The zero-order chi connectivity index (χ0) is 11.5. The molecule has 16 heavy (non-hydrogen) atoms. The quantitative estimate of drug-likeness (QED) is 0.790. The van der Waals surface area contributed by atoms with Gasteiger partial charge in [-0.3, -0.25) is 0 Å². The van der Waals surface area contributed by atoms with E-state index in [2.05, 4.69) is 4.90 Å². The van der Waals surface area contributed by atoms with Crippen LogP contribution >= 0.6 is 0 Å². The van der Waals surface area contributed by atoms with E-state index >= 15 is 0 Å². The Labute approximate surface area is 95.6 Å². The van der Waals surface area contributed by atoms with Gasteiger partial charge in [0.25, 0.3) is 0 Å². The van der Waals surface area contributed by atoms with Crippen LogP contribution in [-0.4, -0.2) is 31.4 Å². The second-order valence-corrected chi connectivity index (χ2v) is 4.13. The lowest BCUT2D eigenvalue weighted by Gasteiger charge is -2.29. The fraction of sp³-hybridized carbons (Fsp3) is 0.500. The van der Waals surface area contributed by atoms with Crippen LogP contribution in [0.1, 0.15) is 18.5 Å². The highest BCUT2D eigenvalue weighted by atomic mass is 16.5. The molecule has 1 aliphatic heterocycles. The Bertz CT molecular complexity index is 360. The Morgan fingerprint density at radius 2 is 2.06 bits per heavy atom. The molecule has 4 nitrogen and oxygen atoms in total. The molecular formula is C12H18N2O2. The number of hydrogen-bond acceptors (Lipinski definition) is 4. The van der Waals surface area contributed by atoms with E-state index in [1.807, 2.05) is 19.1 Å². The molecule has 1 fully saturated rings. The fourth-order valence-corrected chi connectivity index (χ4v) is 1.92. The molecule has 0 spiro atoms. The van der Waals surface area contributed by atoms with E-state index in [0.29, 0.717) is 0 Å². The minimum absolute atomic E-state index is 0.152. The van der Waals surface area contributed by atoms with Crippen LogP contribution in [0.4, 0.5) is 5.69 Å². The summed E-state index contributed by atoms with van der Waals surface area (Å²) in [7, 11) is 0. The van der Waals surface area contributed by atoms with Crippen molar-refractivity contribution in [3.63, 3.8) is 0 Å². The number of phenols is 1. The first-order chi connectivity index (χ1) is 7.68. The lowest BCUT2D eigenvalue weighted by molar-refractivity contribution is 0.122. The Morgan fingerprint density at radius 3 is 2.69 bits per heavy atom. The van der Waals surface area contributed by atoms with Gasteiger partial charge in [-0.05, 0) is 25.1 Å². The molecule has 0 bridgehead atoms. The van der Waals surface area contributed by atoms with Gasteiger partial charge < -0.3 is 20.5 Å². The van der Waals surface area contributed by atoms with E-state index in [9.17, 15) is 5.11 Å². The van der Waals surface area contributed by atoms with Crippen LogP contribution in [0.5, 0.6) is 5.75 Å². The molecule has 88 valence electrons. The number of ether oxygens (including phenoxy) is 1. The van der Waals surface area contributed by atoms with Crippen molar-refractivity contribution in [2.24, 2.45) is 5.73 Å². The third-order valence-electron chi connectivity index (χ3n) is 2.88. The van der Waals surface area contributed by atoms with Crippen molar-refractivity contribution in [3.8, 4) is 5.75 Å². The van der Waals surface area contributed by atoms with E-state index in [1.165, 1.54) is 0 Å². The third kappa shape index (κ3) is 2.28. The molecule has 1 aromatic rings. The number of benzene rings is 1. The van der Waals surface area contributed by atoms with E-state index in [-0.39, 0.29) is 11.8 Å². The van der Waals surface area contributed by atoms with Crippen LogP contribution in [0.25, 0.3) is 0 Å². The predicted octanol–water partition coefficient (Wildman–Crippen LogP) is 1.25. The molecule has 2 rings (SSSR count). The van der Waals surface area contributed by atoms with Crippen LogP contribution in [-0.2, 0) is 4.74 Å². The number of anilines is 1. The topological polar surface area (TPSA) is 58.7 Å². The highest BCUT2D eigenvalue weighted by molar-refractivity contribution is 5.53. The highest BCUT2D eigenvalue weighted by Crippen LogP contribution is 2.28. The van der Waals surface area contributed by atoms with Crippen LogP contribution in [0.3, 0.4) is 0 Å². The van der Waals surface area contributed by atoms with Gasteiger partial charge in [0.1, 0.15) is 5.75 Å². The maximum atomic E-state index is 9.68. The lowest BCUT2D eigenvalue weighted by Crippen LogP contribution is -2.36. The van der Waals surface area contributed by atoms with Gasteiger partial charge in [0.2, 0.25) is 0 Å². The summed E-state index contributed by atoms with van der Waals surface area (Å²) in [5.74, 6) is 0.270. The monoisotopic (exact) mass is 222 g/mol. The van der Waals surface area contributed by atoms with Crippen molar-refractivity contribution >= 4 is 5.69 Å². The van der Waals surface area contributed by atoms with Gasteiger partial charge in [-0.1, -0.05) is 0 Å². The van der Waals surface area contributed by atoms with E-state index < -0.39 is 0 Å². The molecule has 1 aromatic carbocycles. The molecule has 3 N–H and O–H groups in total. The van der Waals surface area contributed by atoms with Gasteiger partial charge in [0.15, 0.2) is 0 Å². The average Bonchev–Trinajstić information content (AvgIpc) is 2.30. The molecule has 0 saturated carbocycles. The molecule has 1 atom stereocenters. The first-order valence-electron chi connectivity index (χ1n) is 5.59. The van der Waals surface area contributed by atoms with Gasteiger partial charge in [-0.15, -0.1) is 0 Å². The molecule has 1 aliphatic rings. The van der Waals surface area contributed by atoms with Crippen molar-refractivity contribution in [2.45, 2.75) is 13.0 Å². The summed E-state index contributed by atoms with van der Waals surface area (Å²) in [6, 6.07) is 5.45. The first kappa shape index (κ1) is 11.2. The Morgan fingerprint density at radius 1 is 1.38 bits per heavy atom. The molecule has 4 heteroatoms. The molecule has 1 unspecified atom stereocenters. The minimum Gasteiger partial charge on any atom is -0.508 e. The van der Waals surface area contributed by atoms with Crippen LogP contribution in [0.2, 0.25) is 0 Å². The summed E-state index contributed by atoms with van der Waals surface area (Å²) in [6.45, 7) is 5.17. The van der Waals surface area contributed by atoms with Gasteiger partial charge in [0.05, 0.1) is 13.2 Å². The van der Waals surface area contributed by atoms with E-state index in [4.69, 9.17) is 10.5 Å². The second-order valence-electron chi connectivity index (χ2n) is 4.13. The largest absolute Gasteiger partial charge is 0.508 e. The molecule has 1 saturated heterocycles. The lowest BCUT2D eigenvalue weighted by atomic mass is 10.1. The van der Waals surface area contributed by atoms with Crippen molar-refractivity contribution in [3.05, 3.63) is 23.8 Å². The van der Waals surface area contributed by atoms with Crippen molar-refractivity contribution in [1.82, 2.24) is 0 Å². The molecular weight excluding hydrogens is 204 g/mol. The predicted molar refractivity (Wildman–Crippen MR) is 63.7 cm³/mol. The summed E-state index contributed by atoms with van der Waals surface area (Å²) in [5.41, 5.74) is 7.71. The normalized spacial score (nSPS) is 18.5. The molecule has 0 aromatic heterocycles. The standard InChI is InChI=1S/C12H18N2O2/c1-9(13)11-8-10(2-3-12(11)15)14-4-6-16-7-5-14/h2-3,8-9,15H,4-7,13H2,1H3. The number of aromatic hydroxyl groups is 1. The number of hydrogen-bond donors (Lipinski definition) is 2. The molecule has 0 amide bonds. The Balaban J connectivity index is 2.24.